The molecule has 0 aliphatic heterocycles. The molecular weight excluding hydrogens is 252 g/mol. The van der Waals surface area contributed by atoms with Gasteiger partial charge in [0.05, 0.1) is 0 Å². The van der Waals surface area contributed by atoms with Gasteiger partial charge in [-0.1, -0.05) is 41.5 Å². The van der Waals surface area contributed by atoms with Crippen LogP contribution in [0.5, 0.6) is 0 Å². The second kappa shape index (κ2) is 5.89. The van der Waals surface area contributed by atoms with Crippen molar-refractivity contribution >= 4 is 5.57 Å². The Bertz CT molecular complexity index is 609. The summed E-state index contributed by atoms with van der Waals surface area (Å²) >= 11 is 0. The molecule has 0 nitrogen and oxygen atoms in total. The van der Waals surface area contributed by atoms with Crippen molar-refractivity contribution in [3.63, 3.8) is 0 Å². The van der Waals surface area contributed by atoms with Gasteiger partial charge >= 0.3 is 0 Å². The molecule has 2 rings (SSSR count). The molecule has 0 unspecified atom stereocenters. The van der Waals surface area contributed by atoms with Crippen LogP contribution in [-0.2, 0) is 0 Å². The molecule has 0 fully saturated rings. The highest BCUT2D eigenvalue weighted by atomic mass is 14.2. The molecule has 1 radical (unpaired) electrons. The van der Waals surface area contributed by atoms with Crippen molar-refractivity contribution in [2.75, 3.05) is 0 Å². The maximum absolute atomic E-state index is 4.09. The smallest absolute Gasteiger partial charge is 0.0122 e. The molecule has 109 valence electrons. The maximum Gasteiger partial charge on any atom is -0.0122 e. The van der Waals surface area contributed by atoms with E-state index in [-0.39, 0.29) is 0 Å². The van der Waals surface area contributed by atoms with E-state index in [0.29, 0.717) is 0 Å². The van der Waals surface area contributed by atoms with E-state index in [2.05, 4.69) is 72.7 Å². The summed E-state index contributed by atoms with van der Waals surface area (Å²) in [5.41, 5.74) is 11.8. The maximum atomic E-state index is 4.09. The fourth-order valence-electron chi connectivity index (χ4n) is 3.54. The number of hydrogen-bond acceptors (Lipinski definition) is 0. The summed E-state index contributed by atoms with van der Waals surface area (Å²) in [6, 6.07) is 9.02. The second-order valence-electron chi connectivity index (χ2n) is 6.17. The predicted octanol–water partition coefficient (Wildman–Crippen LogP) is 5.80. The average Bonchev–Trinajstić information content (AvgIpc) is 2.34. The van der Waals surface area contributed by atoms with Crippen molar-refractivity contribution < 1.29 is 0 Å². The van der Waals surface area contributed by atoms with Crippen LogP contribution in [0.4, 0.5) is 0 Å². The van der Waals surface area contributed by atoms with E-state index in [1.807, 2.05) is 6.08 Å². The van der Waals surface area contributed by atoms with E-state index in [1.165, 1.54) is 50.1 Å². The first-order valence-electron chi connectivity index (χ1n) is 7.51. The largest absolute Gasteiger partial charge is 0.0757 e. The van der Waals surface area contributed by atoms with Crippen molar-refractivity contribution in [1.29, 1.82) is 0 Å². The monoisotopic (exact) mass is 277 g/mol. The van der Waals surface area contributed by atoms with Gasteiger partial charge in [0.15, 0.2) is 0 Å². The minimum absolute atomic E-state index is 1.25. The molecule has 0 aromatic heterocycles. The highest BCUT2D eigenvalue weighted by Gasteiger charge is 2.15. The van der Waals surface area contributed by atoms with Gasteiger partial charge in [-0.05, 0) is 87.4 Å². The van der Waals surface area contributed by atoms with Crippen molar-refractivity contribution in [2.24, 2.45) is 0 Å². The molecule has 0 saturated heterocycles. The van der Waals surface area contributed by atoms with Crippen LogP contribution in [0, 0.1) is 48.5 Å². The normalized spacial score (nSPS) is 10.6. The van der Waals surface area contributed by atoms with Crippen LogP contribution < -0.4 is 0 Å². The zero-order valence-electron chi connectivity index (χ0n) is 14.1. The lowest BCUT2D eigenvalue weighted by Gasteiger charge is -2.19. The molecule has 0 heteroatoms. The fourth-order valence-corrected chi connectivity index (χ4v) is 3.54. The van der Waals surface area contributed by atoms with Crippen molar-refractivity contribution in [1.82, 2.24) is 0 Å². The Balaban J connectivity index is 2.73. The van der Waals surface area contributed by atoms with Crippen LogP contribution in [0.25, 0.3) is 5.57 Å². The van der Waals surface area contributed by atoms with E-state index in [4.69, 9.17) is 0 Å². The lowest BCUT2D eigenvalue weighted by molar-refractivity contribution is 1.25. The van der Waals surface area contributed by atoms with Gasteiger partial charge in [-0.3, -0.25) is 0 Å². The van der Waals surface area contributed by atoms with Crippen molar-refractivity contribution in [3.05, 3.63) is 81.8 Å². The summed E-state index contributed by atoms with van der Waals surface area (Å²) in [6.07, 6.45) is 2.01. The second-order valence-corrected chi connectivity index (χ2v) is 6.17. The molecule has 21 heavy (non-hydrogen) atoms. The van der Waals surface area contributed by atoms with Crippen LogP contribution in [-0.4, -0.2) is 0 Å². The van der Waals surface area contributed by atoms with Gasteiger partial charge in [0.25, 0.3) is 0 Å². The standard InChI is InChI=1S/C21H25/c1-8-19(20-15(4)9-13(2)10-16(20)5)21-17(6)11-14(3)12-18(21)7/h8-12H,1H2,2-7H3. The fraction of sp³-hybridized carbons (Fsp3) is 0.286. The third kappa shape index (κ3) is 2.95. The highest BCUT2D eigenvalue weighted by Crippen LogP contribution is 2.34. The van der Waals surface area contributed by atoms with E-state index >= 15 is 0 Å². The summed E-state index contributed by atoms with van der Waals surface area (Å²) in [5, 5.41) is 0. The van der Waals surface area contributed by atoms with E-state index < -0.39 is 0 Å². The van der Waals surface area contributed by atoms with E-state index in [0.717, 1.165) is 0 Å². The van der Waals surface area contributed by atoms with E-state index in [1.54, 1.807) is 0 Å². The molecule has 0 aliphatic carbocycles. The molecule has 2 aromatic carbocycles. The Morgan fingerprint density at radius 3 is 1.19 bits per heavy atom. The Labute approximate surface area is 129 Å². The third-order valence-electron chi connectivity index (χ3n) is 4.10. The van der Waals surface area contributed by atoms with Gasteiger partial charge in [-0.15, -0.1) is 0 Å². The predicted molar refractivity (Wildman–Crippen MR) is 93.7 cm³/mol. The lowest BCUT2D eigenvalue weighted by Crippen LogP contribution is -2.01. The molecule has 0 bridgehead atoms. The number of rotatable bonds is 2. The van der Waals surface area contributed by atoms with Gasteiger partial charge in [0.1, 0.15) is 0 Å². The van der Waals surface area contributed by atoms with Crippen LogP contribution in [0.3, 0.4) is 0 Å². The van der Waals surface area contributed by atoms with Crippen LogP contribution in [0.1, 0.15) is 44.5 Å². The summed E-state index contributed by atoms with van der Waals surface area (Å²) in [4.78, 5) is 0. The van der Waals surface area contributed by atoms with Crippen molar-refractivity contribution in [3.8, 4) is 0 Å². The highest BCUT2D eigenvalue weighted by molar-refractivity contribution is 5.86. The first kappa shape index (κ1) is 15.6. The summed E-state index contributed by atoms with van der Waals surface area (Å²) < 4.78 is 0. The first-order chi connectivity index (χ1) is 9.85. The quantitative estimate of drug-likeness (QED) is 0.650. The van der Waals surface area contributed by atoms with Gasteiger partial charge in [-0.2, -0.15) is 0 Å². The first-order valence-corrected chi connectivity index (χ1v) is 7.51. The Morgan fingerprint density at radius 1 is 0.667 bits per heavy atom. The molecule has 0 N–H and O–H groups in total. The van der Waals surface area contributed by atoms with Gasteiger partial charge in [-0.25, -0.2) is 0 Å². The average molecular weight is 277 g/mol. The molecule has 0 heterocycles. The Kier molecular flexibility index (Phi) is 4.37. The van der Waals surface area contributed by atoms with Crippen molar-refractivity contribution in [2.45, 2.75) is 41.5 Å². The zero-order valence-corrected chi connectivity index (χ0v) is 14.1. The third-order valence-corrected chi connectivity index (χ3v) is 4.10. The number of aryl methyl sites for hydroxylation is 6. The molecule has 0 amide bonds. The minimum Gasteiger partial charge on any atom is -0.0757 e. The number of benzene rings is 2. The van der Waals surface area contributed by atoms with Gasteiger partial charge in [0, 0.05) is 0 Å². The summed E-state index contributed by atoms with van der Waals surface area (Å²) in [6.45, 7) is 17.2. The Morgan fingerprint density at radius 2 is 0.952 bits per heavy atom. The summed E-state index contributed by atoms with van der Waals surface area (Å²) in [5.74, 6) is 0. The van der Waals surface area contributed by atoms with Gasteiger partial charge < -0.3 is 0 Å². The number of hydrogen-bond donors (Lipinski definition) is 0. The van der Waals surface area contributed by atoms with Crippen LogP contribution >= 0.6 is 0 Å². The summed E-state index contributed by atoms with van der Waals surface area (Å²) in [7, 11) is 0. The SMILES string of the molecule is [CH2]C=C(c1c(C)cc(C)cc1C)c1c(C)cc(C)cc1C. The van der Waals surface area contributed by atoms with Gasteiger partial charge in [0.2, 0.25) is 0 Å². The minimum atomic E-state index is 1.25. The molecule has 0 aliphatic rings. The van der Waals surface area contributed by atoms with Crippen LogP contribution in [0.15, 0.2) is 30.3 Å². The lowest BCUT2D eigenvalue weighted by atomic mass is 9.85. The molecule has 0 spiro atoms. The van der Waals surface area contributed by atoms with Crippen LogP contribution in [0.2, 0.25) is 0 Å². The zero-order chi connectivity index (χ0) is 15.7. The molecule has 2 aromatic rings. The molecular formula is C21H25. The molecule has 0 atom stereocenters. The van der Waals surface area contributed by atoms with E-state index in [9.17, 15) is 0 Å². The molecule has 0 saturated carbocycles. The Hall–Kier alpha value is -1.82. The number of allylic oxidation sites excluding steroid dienone is 1. The topological polar surface area (TPSA) is 0 Å².